The van der Waals surface area contributed by atoms with Crippen molar-refractivity contribution in [3.63, 3.8) is 0 Å². The zero-order valence-corrected chi connectivity index (χ0v) is 12.6. The summed E-state index contributed by atoms with van der Waals surface area (Å²) in [5, 5.41) is 9.07. The van der Waals surface area contributed by atoms with E-state index < -0.39 is 5.97 Å². The molecule has 0 radical (unpaired) electrons. The number of carboxylic acids is 1. The lowest BCUT2D eigenvalue weighted by Crippen LogP contribution is -2.12. The molecular formula is C14H19ClO6. The Hall–Kier alpha value is -1.34. The van der Waals surface area contributed by atoms with Gasteiger partial charge in [-0.25, -0.2) is 4.79 Å². The lowest BCUT2D eigenvalue weighted by atomic mass is 10.2. The van der Waals surface area contributed by atoms with Crippen LogP contribution >= 0.6 is 11.6 Å². The summed E-state index contributed by atoms with van der Waals surface area (Å²) in [5.41, 5.74) is 0.122. The predicted octanol–water partition coefficient (Wildman–Crippen LogP) is 2.10. The first-order chi connectivity index (χ1) is 10.1. The maximum Gasteiger partial charge on any atom is 0.335 e. The maximum atomic E-state index is 10.8. The van der Waals surface area contributed by atoms with Crippen LogP contribution in [0.15, 0.2) is 18.2 Å². The lowest BCUT2D eigenvalue weighted by Gasteiger charge is -2.09. The molecule has 7 heteroatoms. The first-order valence-corrected chi connectivity index (χ1v) is 6.83. The van der Waals surface area contributed by atoms with Crippen molar-refractivity contribution < 1.29 is 28.8 Å². The predicted molar refractivity (Wildman–Crippen MR) is 77.4 cm³/mol. The molecule has 0 aliphatic carbocycles. The summed E-state index contributed by atoms with van der Waals surface area (Å²) in [6.07, 6.45) is 0. The second-order valence-electron chi connectivity index (χ2n) is 4.02. The highest BCUT2D eigenvalue weighted by Crippen LogP contribution is 2.25. The van der Waals surface area contributed by atoms with Gasteiger partial charge in [0.15, 0.2) is 0 Å². The number of methoxy groups -OCH3 is 1. The summed E-state index contributed by atoms with van der Waals surface area (Å²) in [4.78, 5) is 10.8. The average Bonchev–Trinajstić information content (AvgIpc) is 2.46. The number of rotatable bonds is 11. The molecule has 0 aliphatic rings. The van der Waals surface area contributed by atoms with Crippen molar-refractivity contribution in [2.75, 3.05) is 46.8 Å². The van der Waals surface area contributed by atoms with Crippen LogP contribution < -0.4 is 4.74 Å². The van der Waals surface area contributed by atoms with Gasteiger partial charge in [-0.1, -0.05) is 11.6 Å². The van der Waals surface area contributed by atoms with Gasteiger partial charge in [-0.05, 0) is 18.2 Å². The molecular weight excluding hydrogens is 300 g/mol. The van der Waals surface area contributed by atoms with Crippen LogP contribution in [0.5, 0.6) is 5.75 Å². The molecule has 21 heavy (non-hydrogen) atoms. The van der Waals surface area contributed by atoms with Crippen molar-refractivity contribution >= 4 is 17.6 Å². The molecule has 0 saturated heterocycles. The van der Waals surface area contributed by atoms with Crippen molar-refractivity contribution in [2.24, 2.45) is 0 Å². The fraction of sp³-hybridized carbons (Fsp3) is 0.500. The van der Waals surface area contributed by atoms with Crippen molar-refractivity contribution in [3.8, 4) is 5.75 Å². The Bertz CT molecular complexity index is 437. The molecule has 1 aromatic carbocycles. The van der Waals surface area contributed by atoms with Crippen LogP contribution in [0.1, 0.15) is 10.4 Å². The SMILES string of the molecule is COCCOCCOCCOc1ccc(C(=O)O)cc1Cl. The van der Waals surface area contributed by atoms with Gasteiger partial charge in [0.1, 0.15) is 12.4 Å². The first kappa shape index (κ1) is 17.7. The lowest BCUT2D eigenvalue weighted by molar-refractivity contribution is 0.0180. The molecule has 6 nitrogen and oxygen atoms in total. The van der Waals surface area contributed by atoms with E-state index in [0.717, 1.165) is 0 Å². The molecule has 0 unspecified atom stereocenters. The standard InChI is InChI=1S/C14H19ClO6/c1-18-4-5-19-6-7-20-8-9-21-13-3-2-11(14(16)17)10-12(13)15/h2-3,10H,4-9H2,1H3,(H,16,17). The number of halogens is 1. The number of carbonyl (C=O) groups is 1. The summed E-state index contributed by atoms with van der Waals surface area (Å²) >= 11 is 5.92. The van der Waals surface area contributed by atoms with Crippen LogP contribution in [0.2, 0.25) is 5.02 Å². The Balaban J connectivity index is 2.14. The first-order valence-electron chi connectivity index (χ1n) is 6.45. The minimum Gasteiger partial charge on any atom is -0.490 e. The van der Waals surface area contributed by atoms with Crippen molar-refractivity contribution in [1.29, 1.82) is 0 Å². The Labute approximate surface area is 128 Å². The second-order valence-corrected chi connectivity index (χ2v) is 4.42. The van der Waals surface area contributed by atoms with E-state index in [0.29, 0.717) is 45.4 Å². The fourth-order valence-electron chi connectivity index (χ4n) is 1.43. The molecule has 0 fully saturated rings. The summed E-state index contributed by atoms with van der Waals surface area (Å²) in [6, 6.07) is 4.32. The van der Waals surface area contributed by atoms with E-state index in [1.807, 2.05) is 0 Å². The Morgan fingerprint density at radius 2 is 1.71 bits per heavy atom. The molecule has 0 amide bonds. The van der Waals surface area contributed by atoms with Gasteiger partial charge < -0.3 is 24.1 Å². The second kappa shape index (κ2) is 10.4. The molecule has 0 heterocycles. The highest BCUT2D eigenvalue weighted by atomic mass is 35.5. The van der Waals surface area contributed by atoms with Crippen molar-refractivity contribution in [1.82, 2.24) is 0 Å². The van der Waals surface area contributed by atoms with Gasteiger partial charge in [0.05, 0.1) is 43.6 Å². The molecule has 0 aliphatic heterocycles. The van der Waals surface area contributed by atoms with Gasteiger partial charge in [-0.3, -0.25) is 0 Å². The maximum absolute atomic E-state index is 10.8. The minimum absolute atomic E-state index is 0.122. The normalized spacial score (nSPS) is 10.6. The average molecular weight is 319 g/mol. The van der Waals surface area contributed by atoms with E-state index in [2.05, 4.69) is 0 Å². The number of carboxylic acid groups (broad SMARTS) is 1. The quantitative estimate of drug-likeness (QED) is 0.630. The zero-order valence-electron chi connectivity index (χ0n) is 11.8. The number of ether oxygens (including phenoxy) is 4. The van der Waals surface area contributed by atoms with E-state index in [9.17, 15) is 4.79 Å². The zero-order chi connectivity index (χ0) is 15.5. The molecule has 0 bridgehead atoms. The van der Waals surface area contributed by atoms with Crippen molar-refractivity contribution in [2.45, 2.75) is 0 Å². The summed E-state index contributed by atoms with van der Waals surface area (Å²) in [7, 11) is 1.62. The Morgan fingerprint density at radius 1 is 1.10 bits per heavy atom. The third-order valence-electron chi connectivity index (χ3n) is 2.47. The summed E-state index contributed by atoms with van der Waals surface area (Å²) in [5.74, 6) is -0.595. The van der Waals surface area contributed by atoms with Crippen LogP contribution in [0.4, 0.5) is 0 Å². The summed E-state index contributed by atoms with van der Waals surface area (Å²) in [6.45, 7) is 2.79. The highest BCUT2D eigenvalue weighted by Gasteiger charge is 2.07. The van der Waals surface area contributed by atoms with Crippen molar-refractivity contribution in [3.05, 3.63) is 28.8 Å². The van der Waals surface area contributed by atoms with Gasteiger partial charge >= 0.3 is 5.97 Å². The van der Waals surface area contributed by atoms with Crippen LogP contribution in [0.25, 0.3) is 0 Å². The molecule has 0 atom stereocenters. The number of hydrogen-bond acceptors (Lipinski definition) is 5. The van der Waals surface area contributed by atoms with Crippen LogP contribution in [-0.4, -0.2) is 57.8 Å². The van der Waals surface area contributed by atoms with Crippen LogP contribution in [0.3, 0.4) is 0 Å². The largest absolute Gasteiger partial charge is 0.490 e. The Morgan fingerprint density at radius 3 is 2.29 bits per heavy atom. The van der Waals surface area contributed by atoms with E-state index in [1.165, 1.54) is 18.2 Å². The minimum atomic E-state index is -1.03. The highest BCUT2D eigenvalue weighted by molar-refractivity contribution is 6.32. The van der Waals surface area contributed by atoms with Gasteiger partial charge in [-0.15, -0.1) is 0 Å². The Kier molecular flexibility index (Phi) is 8.77. The molecule has 0 spiro atoms. The van der Waals surface area contributed by atoms with Gasteiger partial charge in [-0.2, -0.15) is 0 Å². The number of hydrogen-bond donors (Lipinski definition) is 1. The molecule has 1 rings (SSSR count). The number of benzene rings is 1. The van der Waals surface area contributed by atoms with E-state index in [4.69, 9.17) is 35.7 Å². The monoisotopic (exact) mass is 318 g/mol. The van der Waals surface area contributed by atoms with E-state index in [-0.39, 0.29) is 10.6 Å². The molecule has 1 N–H and O–H groups in total. The molecule has 0 aromatic heterocycles. The van der Waals surface area contributed by atoms with Gasteiger partial charge in [0.2, 0.25) is 0 Å². The molecule has 1 aromatic rings. The van der Waals surface area contributed by atoms with Crippen LogP contribution in [0, 0.1) is 0 Å². The number of aromatic carboxylic acids is 1. The van der Waals surface area contributed by atoms with Gasteiger partial charge in [0, 0.05) is 7.11 Å². The summed E-state index contributed by atoms with van der Waals surface area (Å²) < 4.78 is 20.8. The van der Waals surface area contributed by atoms with E-state index >= 15 is 0 Å². The third kappa shape index (κ3) is 7.29. The topological polar surface area (TPSA) is 74.2 Å². The molecule has 118 valence electrons. The fourth-order valence-corrected chi connectivity index (χ4v) is 1.66. The third-order valence-corrected chi connectivity index (χ3v) is 2.76. The van der Waals surface area contributed by atoms with E-state index in [1.54, 1.807) is 7.11 Å². The van der Waals surface area contributed by atoms with Crippen LogP contribution in [-0.2, 0) is 14.2 Å². The molecule has 0 saturated carbocycles. The smallest absolute Gasteiger partial charge is 0.335 e. The van der Waals surface area contributed by atoms with Gasteiger partial charge in [0.25, 0.3) is 0 Å².